The van der Waals surface area contributed by atoms with Gasteiger partial charge in [-0.15, -0.1) is 0 Å². The molecule has 84 valence electrons. The van der Waals surface area contributed by atoms with Crippen molar-refractivity contribution >= 4 is 5.91 Å². The molecule has 2 nitrogen and oxygen atoms in total. The predicted molar refractivity (Wildman–Crippen MR) is 67.7 cm³/mol. The van der Waals surface area contributed by atoms with E-state index in [0.29, 0.717) is 0 Å². The number of carbonyl (C=O) groups excluding carboxylic acids is 1. The molecule has 1 aliphatic rings. The number of rotatable bonds is 5. The molecule has 0 aromatic heterocycles. The van der Waals surface area contributed by atoms with Gasteiger partial charge < -0.3 is 5.32 Å². The van der Waals surface area contributed by atoms with Crippen LogP contribution in [-0.4, -0.2) is 5.91 Å². The van der Waals surface area contributed by atoms with Gasteiger partial charge in [0.05, 0.1) is 0 Å². The highest BCUT2D eigenvalue weighted by atomic mass is 16.1. The second kappa shape index (κ2) is 5.91. The van der Waals surface area contributed by atoms with Crippen LogP contribution in [0.5, 0.6) is 0 Å². The second-order valence-electron chi connectivity index (χ2n) is 3.57. The summed E-state index contributed by atoms with van der Waals surface area (Å²) in [4.78, 5) is 11.3. The molecule has 1 amide bonds. The normalized spacial score (nSPS) is 15.9. The number of hydrogen-bond acceptors (Lipinski definition) is 1. The van der Waals surface area contributed by atoms with Crippen molar-refractivity contribution < 1.29 is 4.79 Å². The zero-order valence-corrected chi connectivity index (χ0v) is 9.46. The summed E-state index contributed by atoms with van der Waals surface area (Å²) in [6.45, 7) is 10.9. The first-order valence-corrected chi connectivity index (χ1v) is 5.34. The average molecular weight is 215 g/mol. The van der Waals surface area contributed by atoms with E-state index in [2.05, 4.69) is 25.1 Å². The Kier molecular flexibility index (Phi) is 4.52. The maximum Gasteiger partial charge on any atom is 0.247 e. The van der Waals surface area contributed by atoms with Gasteiger partial charge in [-0.3, -0.25) is 4.79 Å². The Bertz CT molecular complexity index is 386. The lowest BCUT2D eigenvalue weighted by Gasteiger charge is -2.10. The molecule has 0 spiro atoms. The topological polar surface area (TPSA) is 29.1 Å². The Morgan fingerprint density at radius 3 is 2.56 bits per heavy atom. The fourth-order valence-corrected chi connectivity index (χ4v) is 1.82. The number of amides is 1. The molecule has 0 heterocycles. The molecule has 0 aliphatic heterocycles. The number of hydrogen-bond donors (Lipinski definition) is 1. The minimum Gasteiger partial charge on any atom is -0.322 e. The summed E-state index contributed by atoms with van der Waals surface area (Å²) >= 11 is 0. The summed E-state index contributed by atoms with van der Waals surface area (Å²) in [5.74, 6) is -0.198. The van der Waals surface area contributed by atoms with Crippen LogP contribution in [-0.2, 0) is 4.79 Å². The molecular weight excluding hydrogens is 198 g/mol. The molecule has 0 radical (unpaired) electrons. The highest BCUT2D eigenvalue weighted by Gasteiger charge is 2.16. The molecule has 0 aromatic rings. The van der Waals surface area contributed by atoms with Crippen LogP contribution in [0.1, 0.15) is 19.3 Å². The molecule has 1 aliphatic carbocycles. The molecule has 1 N–H and O–H groups in total. The van der Waals surface area contributed by atoms with Gasteiger partial charge in [0.1, 0.15) is 0 Å². The third-order valence-corrected chi connectivity index (χ3v) is 2.56. The van der Waals surface area contributed by atoms with Crippen LogP contribution in [0.4, 0.5) is 0 Å². The van der Waals surface area contributed by atoms with E-state index in [1.807, 2.05) is 12.2 Å². The van der Waals surface area contributed by atoms with E-state index in [0.717, 1.165) is 30.5 Å². The van der Waals surface area contributed by atoms with Gasteiger partial charge in [0.25, 0.3) is 0 Å². The molecule has 0 saturated carbocycles. The fourth-order valence-electron chi connectivity index (χ4n) is 1.82. The first-order valence-electron chi connectivity index (χ1n) is 5.34. The number of allylic oxidation sites excluding steroid dienone is 5. The average Bonchev–Trinajstić information content (AvgIpc) is 2.76. The van der Waals surface area contributed by atoms with Gasteiger partial charge in [0.2, 0.25) is 5.91 Å². The molecule has 0 saturated heterocycles. The molecular formula is C14H17NO. The van der Waals surface area contributed by atoms with E-state index >= 15 is 0 Å². The van der Waals surface area contributed by atoms with Gasteiger partial charge >= 0.3 is 0 Å². The second-order valence-corrected chi connectivity index (χ2v) is 3.57. The lowest BCUT2D eigenvalue weighted by molar-refractivity contribution is -0.115. The summed E-state index contributed by atoms with van der Waals surface area (Å²) < 4.78 is 0. The van der Waals surface area contributed by atoms with Crippen molar-refractivity contribution in [3.8, 4) is 0 Å². The minimum absolute atomic E-state index is 0.198. The van der Waals surface area contributed by atoms with E-state index in [4.69, 9.17) is 0 Å². The third-order valence-electron chi connectivity index (χ3n) is 2.56. The Labute approximate surface area is 96.7 Å². The predicted octanol–water partition coefficient (Wildman–Crippen LogP) is 3.03. The van der Waals surface area contributed by atoms with Crippen LogP contribution in [0, 0.1) is 0 Å². The van der Waals surface area contributed by atoms with Crippen LogP contribution in [0.3, 0.4) is 0 Å². The van der Waals surface area contributed by atoms with Crippen LogP contribution in [0.15, 0.2) is 60.9 Å². The zero-order chi connectivity index (χ0) is 12.0. The number of nitrogens with one attached hydrogen (secondary N) is 1. The Hall–Kier alpha value is -1.83. The summed E-state index contributed by atoms with van der Waals surface area (Å²) in [7, 11) is 0. The van der Waals surface area contributed by atoms with Crippen molar-refractivity contribution in [2.75, 3.05) is 0 Å². The summed E-state index contributed by atoms with van der Waals surface area (Å²) in [6, 6.07) is 0. The summed E-state index contributed by atoms with van der Waals surface area (Å²) in [5, 5.41) is 2.80. The maximum atomic E-state index is 11.3. The monoisotopic (exact) mass is 215 g/mol. The highest BCUT2D eigenvalue weighted by molar-refractivity contribution is 5.89. The van der Waals surface area contributed by atoms with Crippen molar-refractivity contribution in [3.63, 3.8) is 0 Å². The zero-order valence-electron chi connectivity index (χ0n) is 9.46. The molecule has 0 fully saturated rings. The van der Waals surface area contributed by atoms with Gasteiger partial charge in [0, 0.05) is 5.70 Å². The third kappa shape index (κ3) is 2.83. The lowest BCUT2D eigenvalue weighted by atomic mass is 10.1. The van der Waals surface area contributed by atoms with Crippen molar-refractivity contribution in [1.29, 1.82) is 0 Å². The van der Waals surface area contributed by atoms with Crippen molar-refractivity contribution in [2.24, 2.45) is 0 Å². The quantitative estimate of drug-likeness (QED) is 0.554. The number of carbonyl (C=O) groups is 1. The van der Waals surface area contributed by atoms with Crippen molar-refractivity contribution in [1.82, 2.24) is 5.32 Å². The van der Waals surface area contributed by atoms with Crippen molar-refractivity contribution in [2.45, 2.75) is 19.3 Å². The minimum atomic E-state index is -0.198. The summed E-state index contributed by atoms with van der Waals surface area (Å²) in [5.41, 5.74) is 3.18. The van der Waals surface area contributed by atoms with E-state index in [9.17, 15) is 4.79 Å². The van der Waals surface area contributed by atoms with Gasteiger partial charge in [-0.05, 0) is 42.6 Å². The van der Waals surface area contributed by atoms with Crippen LogP contribution < -0.4 is 5.32 Å². The first-order chi connectivity index (χ1) is 7.72. The molecule has 2 heteroatoms. The highest BCUT2D eigenvalue weighted by Crippen LogP contribution is 2.30. The Morgan fingerprint density at radius 1 is 1.25 bits per heavy atom. The molecule has 0 atom stereocenters. The summed E-state index contributed by atoms with van der Waals surface area (Å²) in [6.07, 6.45) is 9.71. The van der Waals surface area contributed by atoms with E-state index in [1.165, 1.54) is 11.6 Å². The van der Waals surface area contributed by atoms with Crippen LogP contribution in [0.25, 0.3) is 0 Å². The molecule has 0 aromatic carbocycles. The molecule has 0 unspecified atom stereocenters. The van der Waals surface area contributed by atoms with Gasteiger partial charge in [-0.2, -0.15) is 0 Å². The molecule has 1 rings (SSSR count). The van der Waals surface area contributed by atoms with E-state index in [-0.39, 0.29) is 5.91 Å². The smallest absolute Gasteiger partial charge is 0.247 e. The van der Waals surface area contributed by atoms with E-state index in [1.54, 1.807) is 6.08 Å². The molecule has 0 bridgehead atoms. The Balaban J connectivity index is 2.98. The fraction of sp³-hybridized carbons (Fsp3) is 0.214. The van der Waals surface area contributed by atoms with Gasteiger partial charge in [0.15, 0.2) is 0 Å². The SMILES string of the molecule is C=C/C=C(/NC(=O)C=C)C1=C(C=C)CCC1. The van der Waals surface area contributed by atoms with Gasteiger partial charge in [-0.1, -0.05) is 31.9 Å². The van der Waals surface area contributed by atoms with E-state index < -0.39 is 0 Å². The molecule has 16 heavy (non-hydrogen) atoms. The first kappa shape index (κ1) is 12.2. The van der Waals surface area contributed by atoms with Crippen LogP contribution >= 0.6 is 0 Å². The lowest BCUT2D eigenvalue weighted by Crippen LogP contribution is -2.21. The largest absolute Gasteiger partial charge is 0.322 e. The maximum absolute atomic E-state index is 11.3. The Morgan fingerprint density at radius 2 is 2.00 bits per heavy atom. The van der Waals surface area contributed by atoms with Crippen LogP contribution in [0.2, 0.25) is 0 Å². The van der Waals surface area contributed by atoms with Crippen molar-refractivity contribution in [3.05, 3.63) is 60.9 Å². The van der Waals surface area contributed by atoms with Gasteiger partial charge in [-0.25, -0.2) is 0 Å². The standard InChI is InChI=1S/C14H17NO/c1-4-8-13(15-14(16)6-3)12-10-7-9-11(12)5-2/h4-6,8H,1-3,7,9-10H2,(H,15,16)/b13-8+.